The van der Waals surface area contributed by atoms with Crippen LogP contribution in [0.3, 0.4) is 0 Å². The van der Waals surface area contributed by atoms with E-state index in [4.69, 9.17) is 4.42 Å². The summed E-state index contributed by atoms with van der Waals surface area (Å²) in [6.45, 7) is 8.52. The molecule has 0 spiro atoms. The Morgan fingerprint density at radius 3 is 2.40 bits per heavy atom. The molecule has 5 N–H and O–H groups in total. The fourth-order valence-electron chi connectivity index (χ4n) is 7.54. The summed E-state index contributed by atoms with van der Waals surface area (Å²) < 4.78 is 7.14. The van der Waals surface area contributed by atoms with Crippen LogP contribution in [-0.2, 0) is 27.5 Å². The lowest BCUT2D eigenvalue weighted by Gasteiger charge is -2.33. The highest BCUT2D eigenvalue weighted by Crippen LogP contribution is 2.37. The van der Waals surface area contributed by atoms with Gasteiger partial charge in [-0.2, -0.15) is 0 Å². The summed E-state index contributed by atoms with van der Waals surface area (Å²) in [4.78, 5) is 63.7. The summed E-state index contributed by atoms with van der Waals surface area (Å²) in [7, 11) is 0. The lowest BCUT2D eigenvalue weighted by molar-refractivity contribution is -0.137. The first-order valence-corrected chi connectivity index (χ1v) is 20.9. The van der Waals surface area contributed by atoms with Crippen LogP contribution in [0.5, 0.6) is 0 Å². The number of aliphatic hydroxyl groups excluding tert-OH is 1. The zero-order chi connectivity index (χ0) is 42.4. The number of aryl methyl sites for hydroxylation is 1. The van der Waals surface area contributed by atoms with Crippen LogP contribution in [0.15, 0.2) is 89.4 Å². The number of carbonyl (C=O) groups excluding carboxylic acids is 4. The van der Waals surface area contributed by atoms with Crippen LogP contribution in [0, 0.1) is 24.2 Å². The number of rotatable bonds is 16. The van der Waals surface area contributed by atoms with Gasteiger partial charge in [0.2, 0.25) is 17.8 Å². The van der Waals surface area contributed by atoms with E-state index < -0.39 is 29.4 Å². The molecule has 4 heterocycles. The molecule has 7 rings (SSSR count). The lowest BCUT2D eigenvalue weighted by Crippen LogP contribution is -2.52. The number of fused-ring (bicyclic) bond motifs is 1. The predicted octanol–water partition coefficient (Wildman–Crippen LogP) is 5.74. The number of ketones is 1. The van der Waals surface area contributed by atoms with E-state index in [-0.39, 0.29) is 55.9 Å². The minimum absolute atomic E-state index is 0.0748. The monoisotopic (exact) mass is 831 g/mol. The van der Waals surface area contributed by atoms with Gasteiger partial charge < -0.3 is 30.8 Å². The van der Waals surface area contributed by atoms with Crippen molar-refractivity contribution in [2.75, 3.05) is 11.9 Å². The quantitative estimate of drug-likeness (QED) is 0.0744. The zero-order valence-electron chi connectivity index (χ0n) is 34.0. The molecule has 0 aliphatic heterocycles. The summed E-state index contributed by atoms with van der Waals surface area (Å²) in [6.07, 6.45) is 4.81. The summed E-state index contributed by atoms with van der Waals surface area (Å²) in [5, 5.41) is 30.9. The van der Waals surface area contributed by atoms with Gasteiger partial charge in [-0.3, -0.25) is 23.6 Å². The maximum atomic E-state index is 14.1. The number of carbonyl (C=O) groups is 4. The van der Waals surface area contributed by atoms with E-state index in [9.17, 15) is 24.3 Å². The minimum Gasteiger partial charge on any atom is -0.467 e. The maximum Gasteiger partial charge on any atom is 0.251 e. The standard InChI is InChI=1S/C44H49N9O6S/c1-26-38(60-25-49-26)29-11-9-27(10-12-29)21-46-42(58)34-20-31(54)19-33(34)37(56)39(44(2,3)4)51-36(55)8-5-17-45-41(57)30-15-13-28(14-16-30)35-23-48-43(53-24-50-52-40(35)53)47-22-32-7-6-18-59-32/h6-7,9-16,18,23-25,31,33-34,39,54H,5,8,17,19-22H2,1-4H3,(H,45,57)(H,46,58)(H,47,48)(H,51,55)/t31-,33?,34+,39+/m0/s1. The van der Waals surface area contributed by atoms with Gasteiger partial charge in [-0.1, -0.05) is 57.2 Å². The minimum atomic E-state index is -0.880. The molecule has 16 heteroatoms. The third-order valence-electron chi connectivity index (χ3n) is 10.8. The van der Waals surface area contributed by atoms with Crippen molar-refractivity contribution < 1.29 is 28.7 Å². The van der Waals surface area contributed by atoms with Crippen LogP contribution in [0.1, 0.15) is 73.8 Å². The molecule has 2 aromatic carbocycles. The third-order valence-corrected chi connectivity index (χ3v) is 11.8. The molecule has 1 unspecified atom stereocenters. The fraction of sp³-hybridized carbons (Fsp3) is 0.364. The van der Waals surface area contributed by atoms with E-state index in [1.807, 2.05) is 81.7 Å². The van der Waals surface area contributed by atoms with Crippen molar-refractivity contribution in [2.24, 2.45) is 17.3 Å². The van der Waals surface area contributed by atoms with Crippen LogP contribution < -0.4 is 21.3 Å². The number of hydrogen-bond donors (Lipinski definition) is 5. The fourth-order valence-corrected chi connectivity index (χ4v) is 8.35. The second-order valence-corrected chi connectivity index (χ2v) is 17.0. The number of aliphatic hydroxyl groups is 1. The number of benzene rings is 2. The molecule has 1 aliphatic rings. The van der Waals surface area contributed by atoms with Crippen LogP contribution in [0.25, 0.3) is 27.2 Å². The predicted molar refractivity (Wildman–Crippen MR) is 227 cm³/mol. The van der Waals surface area contributed by atoms with Crippen molar-refractivity contribution in [3.05, 3.63) is 108 Å². The van der Waals surface area contributed by atoms with E-state index in [0.717, 1.165) is 38.6 Å². The van der Waals surface area contributed by atoms with Crippen molar-refractivity contribution in [3.63, 3.8) is 0 Å². The van der Waals surface area contributed by atoms with Crippen LogP contribution in [0.2, 0.25) is 0 Å². The molecule has 60 heavy (non-hydrogen) atoms. The van der Waals surface area contributed by atoms with Crippen molar-refractivity contribution in [1.29, 1.82) is 0 Å². The Morgan fingerprint density at radius 1 is 0.950 bits per heavy atom. The van der Waals surface area contributed by atoms with Crippen molar-refractivity contribution in [1.82, 2.24) is 40.5 Å². The SMILES string of the molecule is Cc1ncsc1-c1ccc(CNC(=O)[C@@H]2C[C@@H](O)CC2C(=O)[C@@H](NC(=O)CCCNC(=O)c2ccc(-c3cnc(NCc4ccco4)n4cnnc34)cc2)C(C)(C)C)cc1. The van der Waals surface area contributed by atoms with E-state index in [1.54, 1.807) is 46.7 Å². The van der Waals surface area contributed by atoms with Crippen molar-refractivity contribution in [3.8, 4) is 21.6 Å². The van der Waals surface area contributed by atoms with Gasteiger partial charge in [-0.05, 0) is 72.6 Å². The number of amides is 3. The summed E-state index contributed by atoms with van der Waals surface area (Å²) >= 11 is 1.57. The molecule has 0 bridgehead atoms. The Hall–Kier alpha value is -6.26. The van der Waals surface area contributed by atoms with Gasteiger partial charge in [0.05, 0.1) is 47.0 Å². The molecule has 15 nitrogen and oxygen atoms in total. The number of aromatic nitrogens is 5. The Kier molecular flexibility index (Phi) is 12.8. The number of furan rings is 1. The number of nitrogens with one attached hydrogen (secondary N) is 4. The number of anilines is 1. The second kappa shape index (κ2) is 18.3. The molecule has 312 valence electrons. The molecule has 6 aromatic rings. The highest BCUT2D eigenvalue weighted by molar-refractivity contribution is 7.13. The highest BCUT2D eigenvalue weighted by Gasteiger charge is 2.46. The first-order valence-electron chi connectivity index (χ1n) is 20.0. The topological polar surface area (TPSA) is 206 Å². The second-order valence-electron chi connectivity index (χ2n) is 16.2. The number of thiazole rings is 1. The Morgan fingerprint density at radius 2 is 1.70 bits per heavy atom. The maximum absolute atomic E-state index is 14.1. The summed E-state index contributed by atoms with van der Waals surface area (Å²) in [6, 6.07) is 17.8. The Balaban J connectivity index is 0.886. The van der Waals surface area contributed by atoms with Gasteiger partial charge in [0.1, 0.15) is 12.1 Å². The molecular weight excluding hydrogens is 783 g/mol. The molecule has 0 saturated heterocycles. The highest BCUT2D eigenvalue weighted by atomic mass is 32.1. The van der Waals surface area contributed by atoms with Gasteiger partial charge in [-0.15, -0.1) is 21.5 Å². The van der Waals surface area contributed by atoms with E-state index >= 15 is 0 Å². The van der Waals surface area contributed by atoms with Gasteiger partial charge in [-0.25, -0.2) is 9.97 Å². The van der Waals surface area contributed by atoms with E-state index in [2.05, 4.69) is 41.4 Å². The van der Waals surface area contributed by atoms with Gasteiger partial charge in [0, 0.05) is 42.8 Å². The number of nitrogens with zero attached hydrogens (tertiary/aromatic N) is 5. The first kappa shape index (κ1) is 41.9. The molecule has 1 fully saturated rings. The molecule has 1 saturated carbocycles. The Labute approximate surface area is 351 Å². The average molecular weight is 832 g/mol. The summed E-state index contributed by atoms with van der Waals surface area (Å²) in [5.41, 5.74) is 6.67. The van der Waals surface area contributed by atoms with Crippen LogP contribution in [-0.4, -0.2) is 71.9 Å². The first-order chi connectivity index (χ1) is 28.9. The molecule has 4 atom stereocenters. The summed E-state index contributed by atoms with van der Waals surface area (Å²) in [5.74, 6) is -1.36. The van der Waals surface area contributed by atoms with E-state index in [1.165, 1.54) is 0 Å². The Bertz CT molecular complexity index is 2440. The molecule has 1 aliphatic carbocycles. The van der Waals surface area contributed by atoms with Crippen molar-refractivity contribution in [2.45, 2.75) is 78.6 Å². The molecule has 4 aromatic heterocycles. The molecule has 0 radical (unpaired) electrons. The van der Waals surface area contributed by atoms with Gasteiger partial charge >= 0.3 is 0 Å². The normalized spacial score (nSPS) is 17.0. The van der Waals surface area contributed by atoms with E-state index in [0.29, 0.717) is 30.1 Å². The zero-order valence-corrected chi connectivity index (χ0v) is 34.8. The van der Waals surface area contributed by atoms with Gasteiger partial charge in [0.15, 0.2) is 11.4 Å². The van der Waals surface area contributed by atoms with Gasteiger partial charge in [0.25, 0.3) is 5.91 Å². The van der Waals surface area contributed by atoms with Crippen LogP contribution >= 0.6 is 11.3 Å². The number of hydrogen-bond acceptors (Lipinski definition) is 12. The lowest BCUT2D eigenvalue weighted by atomic mass is 9.77. The average Bonchev–Trinajstić information content (AvgIpc) is 4.08. The molecule has 3 amide bonds. The largest absolute Gasteiger partial charge is 0.467 e. The smallest absolute Gasteiger partial charge is 0.251 e. The van der Waals surface area contributed by atoms with Crippen molar-refractivity contribution >= 4 is 46.4 Å². The van der Waals surface area contributed by atoms with Crippen LogP contribution in [0.4, 0.5) is 5.95 Å². The number of Topliss-reactive ketones (excluding diaryl/α,β-unsaturated/α-hetero) is 1. The third kappa shape index (κ3) is 9.77. The molecular formula is C44H49N9O6S.